The average molecular weight is 478 g/mol. The van der Waals surface area contributed by atoms with Crippen molar-refractivity contribution in [2.75, 3.05) is 13.1 Å². The highest BCUT2D eigenvalue weighted by Gasteiger charge is 2.27. The molecule has 1 aliphatic heterocycles. The van der Waals surface area contributed by atoms with Crippen LogP contribution in [0.3, 0.4) is 0 Å². The van der Waals surface area contributed by atoms with E-state index in [-0.39, 0.29) is 0 Å². The van der Waals surface area contributed by atoms with Crippen molar-refractivity contribution >= 4 is 0 Å². The van der Waals surface area contributed by atoms with Crippen LogP contribution in [0.4, 0.5) is 0 Å². The maximum Gasteiger partial charge on any atom is 0.0153 e. The first-order valence-electron chi connectivity index (χ1n) is 16.4. The van der Waals surface area contributed by atoms with Crippen molar-refractivity contribution in [1.82, 2.24) is 4.90 Å². The standard InChI is InChI=1S/C33H67N/c1-4-5-6-7-8-9-10-11-12-13-14-15-16-17-18-19-20-21-22-23-24-25-26-27-30-33(2,3)34-31-28-29-32-34/h4-32H2,1-3H3. The Kier molecular flexibility index (Phi) is 22.0. The third-order valence-corrected chi connectivity index (χ3v) is 8.60. The summed E-state index contributed by atoms with van der Waals surface area (Å²) < 4.78 is 0. The van der Waals surface area contributed by atoms with Crippen molar-refractivity contribution in [3.05, 3.63) is 0 Å². The van der Waals surface area contributed by atoms with Crippen LogP contribution in [0, 0.1) is 0 Å². The second-order valence-corrected chi connectivity index (χ2v) is 12.4. The molecule has 0 aliphatic carbocycles. The normalized spacial score (nSPS) is 14.9. The smallest absolute Gasteiger partial charge is 0.0153 e. The van der Waals surface area contributed by atoms with Crippen molar-refractivity contribution in [2.45, 2.75) is 200 Å². The van der Waals surface area contributed by atoms with Gasteiger partial charge in [-0.2, -0.15) is 0 Å². The predicted molar refractivity (Wildman–Crippen MR) is 156 cm³/mol. The lowest BCUT2D eigenvalue weighted by Crippen LogP contribution is -2.41. The van der Waals surface area contributed by atoms with E-state index in [9.17, 15) is 0 Å². The topological polar surface area (TPSA) is 3.24 Å². The molecular weight excluding hydrogens is 410 g/mol. The zero-order valence-electron chi connectivity index (χ0n) is 24.5. The van der Waals surface area contributed by atoms with E-state index in [1.54, 1.807) is 0 Å². The van der Waals surface area contributed by atoms with Gasteiger partial charge < -0.3 is 0 Å². The summed E-state index contributed by atoms with van der Waals surface area (Å²) in [6, 6.07) is 0. The van der Waals surface area contributed by atoms with Crippen LogP contribution in [-0.4, -0.2) is 23.5 Å². The molecule has 0 aromatic rings. The molecule has 0 bridgehead atoms. The van der Waals surface area contributed by atoms with Gasteiger partial charge >= 0.3 is 0 Å². The van der Waals surface area contributed by atoms with Crippen LogP contribution in [0.5, 0.6) is 0 Å². The molecule has 0 radical (unpaired) electrons. The van der Waals surface area contributed by atoms with Gasteiger partial charge in [0.05, 0.1) is 0 Å². The third kappa shape index (κ3) is 19.2. The highest BCUT2D eigenvalue weighted by Crippen LogP contribution is 2.26. The first-order valence-corrected chi connectivity index (χ1v) is 16.4. The van der Waals surface area contributed by atoms with Crippen LogP contribution in [0.15, 0.2) is 0 Å². The molecule has 0 unspecified atom stereocenters. The molecule has 0 saturated carbocycles. The molecule has 1 saturated heterocycles. The summed E-state index contributed by atoms with van der Waals surface area (Å²) in [6.45, 7) is 9.92. The van der Waals surface area contributed by atoms with E-state index in [1.807, 2.05) is 0 Å². The minimum Gasteiger partial charge on any atom is -0.298 e. The molecule has 0 N–H and O–H groups in total. The van der Waals surface area contributed by atoms with Gasteiger partial charge in [0, 0.05) is 5.54 Å². The lowest BCUT2D eigenvalue weighted by Gasteiger charge is -2.35. The number of nitrogens with zero attached hydrogens (tertiary/aromatic N) is 1. The zero-order valence-corrected chi connectivity index (χ0v) is 24.5. The minimum absolute atomic E-state index is 0.448. The van der Waals surface area contributed by atoms with Crippen LogP contribution >= 0.6 is 0 Å². The van der Waals surface area contributed by atoms with Gasteiger partial charge in [0.1, 0.15) is 0 Å². The van der Waals surface area contributed by atoms with Crippen molar-refractivity contribution in [2.24, 2.45) is 0 Å². The second-order valence-electron chi connectivity index (χ2n) is 12.4. The van der Waals surface area contributed by atoms with E-state index >= 15 is 0 Å². The molecule has 0 aromatic heterocycles. The van der Waals surface area contributed by atoms with Gasteiger partial charge in [0.2, 0.25) is 0 Å². The number of hydrogen-bond donors (Lipinski definition) is 0. The van der Waals surface area contributed by atoms with Gasteiger partial charge in [0.15, 0.2) is 0 Å². The Bertz CT molecular complexity index is 395. The molecule has 0 aromatic carbocycles. The monoisotopic (exact) mass is 478 g/mol. The van der Waals surface area contributed by atoms with Crippen LogP contribution in [0.1, 0.15) is 194 Å². The summed E-state index contributed by atoms with van der Waals surface area (Å²) in [5.41, 5.74) is 0.448. The fraction of sp³-hybridized carbons (Fsp3) is 1.00. The van der Waals surface area contributed by atoms with Crippen molar-refractivity contribution < 1.29 is 0 Å². The molecule has 1 aliphatic rings. The van der Waals surface area contributed by atoms with E-state index in [0.29, 0.717) is 5.54 Å². The molecule has 1 rings (SSSR count). The molecule has 204 valence electrons. The number of unbranched alkanes of at least 4 members (excludes halogenated alkanes) is 23. The van der Waals surface area contributed by atoms with Gasteiger partial charge in [-0.15, -0.1) is 0 Å². The van der Waals surface area contributed by atoms with E-state index < -0.39 is 0 Å². The lowest BCUT2D eigenvalue weighted by molar-refractivity contribution is 0.140. The quantitative estimate of drug-likeness (QED) is 0.112. The first kappa shape index (κ1) is 32.0. The highest BCUT2D eigenvalue weighted by molar-refractivity contribution is 4.84. The number of rotatable bonds is 26. The maximum absolute atomic E-state index is 2.73. The molecule has 0 atom stereocenters. The number of likely N-dealkylation sites (tertiary alicyclic amines) is 1. The fourth-order valence-electron chi connectivity index (χ4n) is 6.00. The van der Waals surface area contributed by atoms with E-state index in [2.05, 4.69) is 25.7 Å². The second kappa shape index (κ2) is 23.4. The first-order chi connectivity index (χ1) is 16.7. The Morgan fingerprint density at radius 2 is 0.676 bits per heavy atom. The summed E-state index contributed by atoms with van der Waals surface area (Å²) in [5.74, 6) is 0. The van der Waals surface area contributed by atoms with Crippen LogP contribution in [0.2, 0.25) is 0 Å². The average Bonchev–Trinajstić information content (AvgIpc) is 3.38. The largest absolute Gasteiger partial charge is 0.298 e. The van der Waals surface area contributed by atoms with Gasteiger partial charge in [-0.05, 0) is 46.2 Å². The Morgan fingerprint density at radius 3 is 0.971 bits per heavy atom. The van der Waals surface area contributed by atoms with Crippen LogP contribution in [-0.2, 0) is 0 Å². The van der Waals surface area contributed by atoms with Crippen LogP contribution < -0.4 is 0 Å². The third-order valence-electron chi connectivity index (χ3n) is 8.60. The Morgan fingerprint density at radius 1 is 0.412 bits per heavy atom. The molecular formula is C33H67N. The van der Waals surface area contributed by atoms with E-state index in [0.717, 1.165) is 0 Å². The van der Waals surface area contributed by atoms with Gasteiger partial charge in [-0.1, -0.05) is 161 Å². The van der Waals surface area contributed by atoms with Gasteiger partial charge in [-0.25, -0.2) is 0 Å². The Labute approximate surface area is 217 Å². The fourth-order valence-corrected chi connectivity index (χ4v) is 6.00. The molecule has 1 nitrogen and oxygen atoms in total. The Hall–Kier alpha value is -0.0400. The zero-order chi connectivity index (χ0) is 24.6. The highest BCUT2D eigenvalue weighted by atomic mass is 15.2. The lowest BCUT2D eigenvalue weighted by atomic mass is 9.94. The summed E-state index contributed by atoms with van der Waals surface area (Å²) in [4.78, 5) is 2.73. The van der Waals surface area contributed by atoms with Crippen LogP contribution in [0.25, 0.3) is 0 Å². The maximum atomic E-state index is 2.73. The van der Waals surface area contributed by atoms with Crippen molar-refractivity contribution in [3.63, 3.8) is 0 Å². The summed E-state index contributed by atoms with van der Waals surface area (Å²) in [6.07, 6.45) is 39.6. The molecule has 1 heteroatoms. The molecule has 0 amide bonds. The van der Waals surface area contributed by atoms with E-state index in [4.69, 9.17) is 0 Å². The minimum atomic E-state index is 0.448. The van der Waals surface area contributed by atoms with E-state index in [1.165, 1.54) is 186 Å². The molecule has 1 heterocycles. The van der Waals surface area contributed by atoms with Crippen molar-refractivity contribution in [3.8, 4) is 0 Å². The Balaban J connectivity index is 1.68. The van der Waals surface area contributed by atoms with Crippen molar-refractivity contribution in [1.29, 1.82) is 0 Å². The molecule has 0 spiro atoms. The summed E-state index contributed by atoms with van der Waals surface area (Å²) >= 11 is 0. The number of hydrogen-bond acceptors (Lipinski definition) is 1. The summed E-state index contributed by atoms with van der Waals surface area (Å²) in [7, 11) is 0. The van der Waals surface area contributed by atoms with Gasteiger partial charge in [-0.3, -0.25) is 4.90 Å². The SMILES string of the molecule is CCCCCCCCCCCCCCCCCCCCCCCCCCC(C)(C)N1CCCC1. The predicted octanol–water partition coefficient (Wildman–Crippen LogP) is 11.6. The summed E-state index contributed by atoms with van der Waals surface area (Å²) in [5, 5.41) is 0. The molecule has 34 heavy (non-hydrogen) atoms. The van der Waals surface area contributed by atoms with Gasteiger partial charge in [0.25, 0.3) is 0 Å². The molecule has 1 fully saturated rings.